The number of unbranched alkanes of at least 4 members (excludes halogenated alkanes) is 7. The molecule has 0 fully saturated rings. The first-order valence-corrected chi connectivity index (χ1v) is 23.9. The number of carbonyl (C=O) groups is 6. The molecule has 0 heterocycles. The van der Waals surface area contributed by atoms with Gasteiger partial charge in [-0.15, -0.1) is 0 Å². The van der Waals surface area contributed by atoms with E-state index in [9.17, 15) is 28.8 Å². The van der Waals surface area contributed by atoms with E-state index in [1.807, 2.05) is 41.5 Å². The Morgan fingerprint density at radius 2 is 0.779 bits per heavy atom. The summed E-state index contributed by atoms with van der Waals surface area (Å²) in [5.74, 6) is -1.24. The minimum absolute atomic E-state index is 0.00389. The lowest BCUT2D eigenvalue weighted by atomic mass is 10.1. The molecule has 2 unspecified atom stereocenters. The van der Waals surface area contributed by atoms with Gasteiger partial charge < -0.3 is 33.2 Å². The maximum atomic E-state index is 11.0. The summed E-state index contributed by atoms with van der Waals surface area (Å²) in [6, 6.07) is 0. The zero-order valence-corrected chi connectivity index (χ0v) is 46.3. The summed E-state index contributed by atoms with van der Waals surface area (Å²) < 4.78 is 34.4. The van der Waals surface area contributed by atoms with Crippen LogP contribution in [0.4, 0.5) is 0 Å². The van der Waals surface area contributed by atoms with Crippen molar-refractivity contribution in [3.8, 4) is 0 Å². The molecule has 0 aromatic rings. The monoisotopic (exact) mass is 967 g/mol. The van der Waals surface area contributed by atoms with Crippen LogP contribution in [0.3, 0.4) is 0 Å². The summed E-state index contributed by atoms with van der Waals surface area (Å²) in [4.78, 5) is 64.9. The van der Waals surface area contributed by atoms with Gasteiger partial charge >= 0.3 is 35.8 Å². The average molecular weight is 967 g/mol. The summed E-state index contributed by atoms with van der Waals surface area (Å²) in [6.45, 7) is 53.4. The highest BCUT2D eigenvalue weighted by molar-refractivity contribution is 5.89. The second-order valence-electron chi connectivity index (χ2n) is 18.2. The molecule has 13 nitrogen and oxygen atoms in total. The molecule has 0 aliphatic carbocycles. The lowest BCUT2D eigenvalue weighted by molar-refractivity contribution is -0.150. The molecule has 0 aliphatic heterocycles. The van der Waals surface area contributed by atoms with E-state index < -0.39 is 5.60 Å². The first-order chi connectivity index (χ1) is 31.2. The standard InChI is InChI=1S/C14H26O2.C9H16O3.C9H16O2.2C8H14O2.C7H12O2/c1-4-5-6-7-8-9-10-11-12-16-14(15)13(2)3;1-7(2)9(10)12-6-5-8(3)11-4;1-7(2)5-6-11-9(10)8(3)4;1-6(2)7(9)10-8(3,4)5;1-5-7(4)10-8(9)6(2)3;1-5(2)7(8)9-6(3)4/h2,4-12H2,1,3H3;8H,1,5-6H2,2-4H3;7H,3,5-6H2,1-2,4H3;1H2,2-5H3;7H,2,5H2,1,3-4H3;6H,1H2,2-4H3. The van der Waals surface area contributed by atoms with Gasteiger partial charge in [0.05, 0.1) is 38.1 Å². The third kappa shape index (κ3) is 63.3. The molecular formula is C55H98O13. The average Bonchev–Trinajstić information content (AvgIpc) is 3.22. The minimum atomic E-state index is -0.407. The number of esters is 6. The van der Waals surface area contributed by atoms with Gasteiger partial charge in [0.1, 0.15) is 5.60 Å². The molecule has 0 aliphatic rings. The van der Waals surface area contributed by atoms with E-state index in [1.54, 1.807) is 62.5 Å². The van der Waals surface area contributed by atoms with Gasteiger partial charge in [-0.05, 0) is 115 Å². The molecule has 0 amide bonds. The van der Waals surface area contributed by atoms with Gasteiger partial charge in [-0.2, -0.15) is 0 Å². The van der Waals surface area contributed by atoms with Crippen LogP contribution in [0.25, 0.3) is 0 Å². The van der Waals surface area contributed by atoms with E-state index >= 15 is 0 Å². The van der Waals surface area contributed by atoms with Gasteiger partial charge in [0, 0.05) is 47.0 Å². The first kappa shape index (κ1) is 74.8. The number of hydrogen-bond donors (Lipinski definition) is 0. The van der Waals surface area contributed by atoms with Crippen molar-refractivity contribution in [2.75, 3.05) is 26.9 Å². The van der Waals surface area contributed by atoms with Crippen LogP contribution in [0.1, 0.15) is 188 Å². The molecule has 0 saturated carbocycles. The summed E-state index contributed by atoms with van der Waals surface area (Å²) in [5, 5.41) is 0. The van der Waals surface area contributed by atoms with Gasteiger partial charge in [0.25, 0.3) is 0 Å². The Morgan fingerprint density at radius 3 is 1.06 bits per heavy atom. The molecule has 0 spiro atoms. The van der Waals surface area contributed by atoms with Crippen molar-refractivity contribution >= 4 is 35.8 Å². The second kappa shape index (κ2) is 47.3. The van der Waals surface area contributed by atoms with Crippen molar-refractivity contribution in [2.45, 2.75) is 212 Å². The second-order valence-corrected chi connectivity index (χ2v) is 18.2. The SMILES string of the molecule is C=C(C)C(=O)OC(C)(C)C.C=C(C)C(=O)OC(C)C.C=C(C)C(=O)OC(C)CC.C=C(C)C(=O)OCCC(C)C.C=C(C)C(=O)OCCC(C)OC.C=C(C)C(=O)OCCCCCCCCCC. The van der Waals surface area contributed by atoms with Crippen molar-refractivity contribution in [1.82, 2.24) is 0 Å². The maximum absolute atomic E-state index is 11.0. The number of methoxy groups -OCH3 is 1. The summed E-state index contributed by atoms with van der Waals surface area (Å²) in [5.41, 5.74) is 2.32. The quantitative estimate of drug-likeness (QED) is 0.0367. The van der Waals surface area contributed by atoms with E-state index in [-0.39, 0.29) is 54.1 Å². The van der Waals surface area contributed by atoms with Crippen molar-refractivity contribution in [2.24, 2.45) is 5.92 Å². The molecule has 396 valence electrons. The number of hydrogen-bond acceptors (Lipinski definition) is 13. The number of ether oxygens (including phenoxy) is 7. The van der Waals surface area contributed by atoms with Crippen LogP contribution in [0.15, 0.2) is 72.9 Å². The van der Waals surface area contributed by atoms with Crippen molar-refractivity contribution < 1.29 is 61.9 Å². The van der Waals surface area contributed by atoms with Crippen LogP contribution in [-0.4, -0.2) is 86.7 Å². The van der Waals surface area contributed by atoms with Crippen LogP contribution in [0.2, 0.25) is 0 Å². The molecular weight excluding hydrogens is 869 g/mol. The number of rotatable bonds is 25. The summed E-state index contributed by atoms with van der Waals surface area (Å²) >= 11 is 0. The zero-order chi connectivity index (χ0) is 54.6. The van der Waals surface area contributed by atoms with Gasteiger partial charge in [0.2, 0.25) is 0 Å². The van der Waals surface area contributed by atoms with E-state index in [2.05, 4.69) is 60.2 Å². The molecule has 0 rings (SSSR count). The Morgan fingerprint density at radius 1 is 0.441 bits per heavy atom. The lowest BCUT2D eigenvalue weighted by Crippen LogP contribution is -2.23. The Balaban J connectivity index is -0.000000171. The van der Waals surface area contributed by atoms with Crippen LogP contribution in [-0.2, 0) is 61.9 Å². The molecule has 0 bridgehead atoms. The Hall–Kier alpha value is -4.78. The Labute approximate surface area is 414 Å². The molecule has 13 heteroatoms. The first-order valence-electron chi connectivity index (χ1n) is 23.9. The van der Waals surface area contributed by atoms with E-state index in [4.69, 9.17) is 33.2 Å². The van der Waals surface area contributed by atoms with Gasteiger partial charge in [-0.1, -0.05) is 112 Å². The van der Waals surface area contributed by atoms with E-state index in [1.165, 1.54) is 38.5 Å². The highest BCUT2D eigenvalue weighted by Crippen LogP contribution is 2.10. The molecule has 0 N–H and O–H groups in total. The van der Waals surface area contributed by atoms with Crippen LogP contribution in [0.5, 0.6) is 0 Å². The van der Waals surface area contributed by atoms with Gasteiger partial charge in [-0.3, -0.25) is 0 Å². The predicted molar refractivity (Wildman–Crippen MR) is 278 cm³/mol. The molecule has 0 aromatic heterocycles. The van der Waals surface area contributed by atoms with E-state index in [0.29, 0.717) is 59.2 Å². The van der Waals surface area contributed by atoms with Gasteiger partial charge in [0.15, 0.2) is 0 Å². The third-order valence-corrected chi connectivity index (χ3v) is 8.03. The molecule has 68 heavy (non-hydrogen) atoms. The smallest absolute Gasteiger partial charge is 0.333 e. The molecule has 0 saturated heterocycles. The number of carbonyl (C=O) groups excluding carboxylic acids is 6. The highest BCUT2D eigenvalue weighted by Gasteiger charge is 2.16. The topological polar surface area (TPSA) is 167 Å². The summed E-state index contributed by atoms with van der Waals surface area (Å²) in [7, 11) is 1.63. The molecule has 0 radical (unpaired) electrons. The fourth-order valence-corrected chi connectivity index (χ4v) is 3.64. The Kier molecular flexibility index (Phi) is 52.0. The lowest BCUT2D eigenvalue weighted by Gasteiger charge is -2.19. The van der Waals surface area contributed by atoms with E-state index in [0.717, 1.165) is 32.1 Å². The van der Waals surface area contributed by atoms with Crippen molar-refractivity contribution in [1.29, 1.82) is 0 Å². The fourth-order valence-electron chi connectivity index (χ4n) is 3.64. The van der Waals surface area contributed by atoms with Crippen molar-refractivity contribution in [3.63, 3.8) is 0 Å². The van der Waals surface area contributed by atoms with Crippen molar-refractivity contribution in [3.05, 3.63) is 72.9 Å². The van der Waals surface area contributed by atoms with Crippen LogP contribution >= 0.6 is 0 Å². The predicted octanol–water partition coefficient (Wildman–Crippen LogP) is 13.3. The highest BCUT2D eigenvalue weighted by atomic mass is 16.6. The molecule has 0 aromatic carbocycles. The zero-order valence-electron chi connectivity index (χ0n) is 46.3. The Bertz CT molecular complexity index is 1490. The maximum Gasteiger partial charge on any atom is 0.333 e. The minimum Gasteiger partial charge on any atom is -0.462 e. The summed E-state index contributed by atoms with van der Waals surface area (Å²) in [6.07, 6.45) is 12.6. The fraction of sp³-hybridized carbons (Fsp3) is 0.673. The largest absolute Gasteiger partial charge is 0.462 e. The normalized spacial score (nSPS) is 10.8. The van der Waals surface area contributed by atoms with Gasteiger partial charge in [-0.25, -0.2) is 28.8 Å². The van der Waals surface area contributed by atoms with Crippen LogP contribution < -0.4 is 0 Å². The van der Waals surface area contributed by atoms with Crippen LogP contribution in [0, 0.1) is 5.92 Å². The third-order valence-electron chi connectivity index (χ3n) is 8.03. The molecule has 2 atom stereocenters.